The quantitative estimate of drug-likeness (QED) is 0.481. The maximum Gasteiger partial charge on any atom is 0.138 e. The van der Waals surface area contributed by atoms with Gasteiger partial charge in [-0.05, 0) is 24.6 Å². The molecule has 0 bridgehead atoms. The molecule has 0 aliphatic rings. The van der Waals surface area contributed by atoms with Crippen molar-refractivity contribution in [2.75, 3.05) is 5.73 Å². The van der Waals surface area contributed by atoms with Crippen LogP contribution in [0.2, 0.25) is 0 Å². The third-order valence-electron chi connectivity index (χ3n) is 1.51. The predicted molar refractivity (Wildman–Crippen MR) is 42.0 cm³/mol. The number of phenols is 1. The standard InChI is InChI=1S/C8H10FNO/c1-5(9)6-2-3-8(11)7(10)4-6/h2-5,11H,10H2,1H3. The van der Waals surface area contributed by atoms with E-state index in [1.165, 1.54) is 25.1 Å². The first-order valence-electron chi connectivity index (χ1n) is 3.33. The molecular formula is C8H10FNO. The van der Waals surface area contributed by atoms with E-state index in [-0.39, 0.29) is 11.4 Å². The molecule has 0 saturated heterocycles. The maximum absolute atomic E-state index is 12.6. The van der Waals surface area contributed by atoms with E-state index in [2.05, 4.69) is 0 Å². The Kier molecular flexibility index (Phi) is 1.98. The fraction of sp³-hybridized carbons (Fsp3) is 0.250. The molecule has 1 aromatic rings. The molecule has 0 spiro atoms. The van der Waals surface area contributed by atoms with E-state index in [1.54, 1.807) is 0 Å². The van der Waals surface area contributed by atoms with Crippen molar-refractivity contribution in [2.45, 2.75) is 13.1 Å². The third-order valence-corrected chi connectivity index (χ3v) is 1.51. The highest BCUT2D eigenvalue weighted by Crippen LogP contribution is 2.25. The van der Waals surface area contributed by atoms with Gasteiger partial charge in [0, 0.05) is 0 Å². The van der Waals surface area contributed by atoms with E-state index < -0.39 is 6.17 Å². The van der Waals surface area contributed by atoms with Crippen LogP contribution in [0.3, 0.4) is 0 Å². The van der Waals surface area contributed by atoms with Gasteiger partial charge in [0.1, 0.15) is 11.9 Å². The van der Waals surface area contributed by atoms with Gasteiger partial charge >= 0.3 is 0 Å². The Labute approximate surface area is 64.5 Å². The number of alkyl halides is 1. The molecule has 2 nitrogen and oxygen atoms in total. The fourth-order valence-electron chi connectivity index (χ4n) is 0.820. The fourth-order valence-corrected chi connectivity index (χ4v) is 0.820. The molecule has 1 aromatic carbocycles. The number of hydrogen-bond acceptors (Lipinski definition) is 2. The van der Waals surface area contributed by atoms with Crippen molar-refractivity contribution >= 4 is 5.69 Å². The molecule has 0 aliphatic carbocycles. The molecule has 11 heavy (non-hydrogen) atoms. The number of benzene rings is 1. The zero-order chi connectivity index (χ0) is 8.43. The maximum atomic E-state index is 12.6. The van der Waals surface area contributed by atoms with E-state index in [0.29, 0.717) is 5.56 Å². The molecule has 0 saturated carbocycles. The average Bonchev–Trinajstić information content (AvgIpc) is 1.94. The van der Waals surface area contributed by atoms with Gasteiger partial charge in [0.2, 0.25) is 0 Å². The smallest absolute Gasteiger partial charge is 0.138 e. The lowest BCUT2D eigenvalue weighted by Crippen LogP contribution is -1.90. The molecular weight excluding hydrogens is 145 g/mol. The van der Waals surface area contributed by atoms with Crippen molar-refractivity contribution in [3.8, 4) is 5.75 Å². The van der Waals surface area contributed by atoms with Gasteiger partial charge in [0.15, 0.2) is 0 Å². The number of anilines is 1. The second kappa shape index (κ2) is 2.78. The largest absolute Gasteiger partial charge is 0.506 e. The third kappa shape index (κ3) is 1.61. The summed E-state index contributed by atoms with van der Waals surface area (Å²) in [6, 6.07) is 4.33. The molecule has 3 heteroatoms. The van der Waals surface area contributed by atoms with Crippen LogP contribution >= 0.6 is 0 Å². The summed E-state index contributed by atoms with van der Waals surface area (Å²) in [6.45, 7) is 1.42. The van der Waals surface area contributed by atoms with Crippen LogP contribution in [0.4, 0.5) is 10.1 Å². The molecule has 0 amide bonds. The summed E-state index contributed by atoms with van der Waals surface area (Å²) in [6.07, 6.45) is -1.04. The zero-order valence-corrected chi connectivity index (χ0v) is 6.21. The molecule has 1 atom stereocenters. The van der Waals surface area contributed by atoms with Crippen LogP contribution in [0.25, 0.3) is 0 Å². The summed E-state index contributed by atoms with van der Waals surface area (Å²) >= 11 is 0. The number of phenolic OH excluding ortho intramolecular Hbond substituents is 1. The van der Waals surface area contributed by atoms with Gasteiger partial charge in [-0.15, -0.1) is 0 Å². The highest BCUT2D eigenvalue weighted by Gasteiger charge is 2.04. The predicted octanol–water partition coefficient (Wildman–Crippen LogP) is 2.00. The zero-order valence-electron chi connectivity index (χ0n) is 6.21. The highest BCUT2D eigenvalue weighted by atomic mass is 19.1. The SMILES string of the molecule is CC(F)c1ccc(O)c(N)c1. The van der Waals surface area contributed by atoms with Gasteiger partial charge in [-0.1, -0.05) is 6.07 Å². The minimum absolute atomic E-state index is 0.00519. The highest BCUT2D eigenvalue weighted by molar-refractivity contribution is 5.53. The lowest BCUT2D eigenvalue weighted by molar-refractivity contribution is 0.374. The normalized spacial score (nSPS) is 12.9. The molecule has 0 aliphatic heterocycles. The van der Waals surface area contributed by atoms with Crippen molar-refractivity contribution in [2.24, 2.45) is 0 Å². The molecule has 3 N–H and O–H groups in total. The van der Waals surface area contributed by atoms with Crippen molar-refractivity contribution < 1.29 is 9.50 Å². The van der Waals surface area contributed by atoms with Gasteiger partial charge in [-0.3, -0.25) is 0 Å². The molecule has 1 rings (SSSR count). The van der Waals surface area contributed by atoms with Gasteiger partial charge in [0.25, 0.3) is 0 Å². The van der Waals surface area contributed by atoms with E-state index in [9.17, 15) is 4.39 Å². The Bertz CT molecular complexity index is 260. The van der Waals surface area contributed by atoms with Crippen LogP contribution in [0, 0.1) is 0 Å². The van der Waals surface area contributed by atoms with Crippen molar-refractivity contribution in [1.29, 1.82) is 0 Å². The Morgan fingerprint density at radius 3 is 2.64 bits per heavy atom. The topological polar surface area (TPSA) is 46.2 Å². The van der Waals surface area contributed by atoms with E-state index in [4.69, 9.17) is 10.8 Å². The van der Waals surface area contributed by atoms with Crippen LogP contribution in [-0.2, 0) is 0 Å². The number of aromatic hydroxyl groups is 1. The molecule has 60 valence electrons. The van der Waals surface area contributed by atoms with Crippen LogP contribution in [0.5, 0.6) is 5.75 Å². The second-order valence-electron chi connectivity index (χ2n) is 2.43. The first-order valence-corrected chi connectivity index (χ1v) is 3.33. The number of halogens is 1. The van der Waals surface area contributed by atoms with Gasteiger partial charge in [0.05, 0.1) is 5.69 Å². The molecule has 0 aromatic heterocycles. The molecule has 0 radical (unpaired) electrons. The second-order valence-corrected chi connectivity index (χ2v) is 2.43. The number of nitrogen functional groups attached to an aromatic ring is 1. The van der Waals surface area contributed by atoms with Crippen LogP contribution in [0.15, 0.2) is 18.2 Å². The molecule has 0 fully saturated rings. The van der Waals surface area contributed by atoms with Gasteiger partial charge in [-0.25, -0.2) is 4.39 Å². The Hall–Kier alpha value is -1.25. The van der Waals surface area contributed by atoms with Crippen molar-refractivity contribution in [3.05, 3.63) is 23.8 Å². The Morgan fingerprint density at radius 2 is 2.18 bits per heavy atom. The average molecular weight is 155 g/mol. The Balaban J connectivity index is 3.05. The Morgan fingerprint density at radius 1 is 1.55 bits per heavy atom. The summed E-state index contributed by atoms with van der Waals surface area (Å²) in [4.78, 5) is 0. The minimum atomic E-state index is -1.04. The summed E-state index contributed by atoms with van der Waals surface area (Å²) in [7, 11) is 0. The number of hydrogen-bond donors (Lipinski definition) is 2. The summed E-state index contributed by atoms with van der Waals surface area (Å²) in [5.74, 6) is -0.00519. The minimum Gasteiger partial charge on any atom is -0.506 e. The van der Waals surface area contributed by atoms with Crippen LogP contribution < -0.4 is 5.73 Å². The van der Waals surface area contributed by atoms with Crippen molar-refractivity contribution in [3.63, 3.8) is 0 Å². The molecule has 1 unspecified atom stereocenters. The van der Waals surface area contributed by atoms with Crippen molar-refractivity contribution in [1.82, 2.24) is 0 Å². The lowest BCUT2D eigenvalue weighted by atomic mass is 10.1. The monoisotopic (exact) mass is 155 g/mol. The molecule has 0 heterocycles. The number of nitrogens with two attached hydrogens (primary N) is 1. The number of rotatable bonds is 1. The first kappa shape index (κ1) is 7.85. The van der Waals surface area contributed by atoms with E-state index in [1.807, 2.05) is 0 Å². The van der Waals surface area contributed by atoms with Crippen LogP contribution in [-0.4, -0.2) is 5.11 Å². The summed E-state index contributed by atoms with van der Waals surface area (Å²) < 4.78 is 12.6. The van der Waals surface area contributed by atoms with Gasteiger partial charge < -0.3 is 10.8 Å². The van der Waals surface area contributed by atoms with E-state index in [0.717, 1.165) is 0 Å². The summed E-state index contributed by atoms with van der Waals surface area (Å²) in [5.41, 5.74) is 6.04. The van der Waals surface area contributed by atoms with Gasteiger partial charge in [-0.2, -0.15) is 0 Å². The lowest BCUT2D eigenvalue weighted by Gasteiger charge is -2.03. The summed E-state index contributed by atoms with van der Waals surface area (Å²) in [5, 5.41) is 8.98. The van der Waals surface area contributed by atoms with E-state index >= 15 is 0 Å². The van der Waals surface area contributed by atoms with Crippen LogP contribution in [0.1, 0.15) is 18.7 Å². The first-order chi connectivity index (χ1) is 5.11.